The number of esters is 2. The average molecular weight is 515 g/mol. The highest BCUT2D eigenvalue weighted by molar-refractivity contribution is 8.03. The minimum atomic E-state index is -1.18. The van der Waals surface area contributed by atoms with E-state index in [1.807, 2.05) is 0 Å². The Bertz CT molecular complexity index is 1220. The number of carboxylic acid groups (broad SMARTS) is 1. The van der Waals surface area contributed by atoms with Crippen LogP contribution in [0.4, 0.5) is 0 Å². The van der Waals surface area contributed by atoms with Gasteiger partial charge < -0.3 is 19.3 Å². The van der Waals surface area contributed by atoms with Gasteiger partial charge in [0.05, 0.1) is 38.3 Å². The minimum absolute atomic E-state index is 0.0602. The van der Waals surface area contributed by atoms with Gasteiger partial charge in [0.25, 0.3) is 5.91 Å². The molecule has 1 atom stereocenters. The summed E-state index contributed by atoms with van der Waals surface area (Å²) >= 11 is 1.20. The van der Waals surface area contributed by atoms with Gasteiger partial charge in [-0.1, -0.05) is 12.1 Å². The molecule has 1 aromatic carbocycles. The van der Waals surface area contributed by atoms with Crippen LogP contribution in [0.15, 0.2) is 47.1 Å². The third kappa shape index (κ3) is 5.40. The summed E-state index contributed by atoms with van der Waals surface area (Å²) in [6.07, 6.45) is 1.30. The quantitative estimate of drug-likeness (QED) is 0.256. The number of hydrogen-bond acceptors (Lipinski definition) is 10. The first kappa shape index (κ1) is 25.0. The van der Waals surface area contributed by atoms with E-state index >= 15 is 0 Å². The first-order chi connectivity index (χ1) is 17.4. The van der Waals surface area contributed by atoms with Gasteiger partial charge in [-0.3, -0.25) is 19.3 Å². The summed E-state index contributed by atoms with van der Waals surface area (Å²) in [5.74, 6) is -2.06. The Hall–Kier alpha value is -4.13. The molecular weight excluding hydrogens is 492 g/mol. The zero-order valence-corrected chi connectivity index (χ0v) is 19.9. The SMILES string of the molecule is COc1ccc(COC(=O)CCC(=O)OCC/C(=C2\C(=O)N3C(C(=O)O)=CS[C@H]23)c2cn[nH]n2)cc1. The number of β-lactam (4-membered cyclic amide) rings is 1. The van der Waals surface area contributed by atoms with Gasteiger partial charge in [-0.05, 0) is 23.3 Å². The number of fused-ring (bicyclic) bond motifs is 1. The molecule has 0 unspecified atom stereocenters. The second-order valence-electron chi connectivity index (χ2n) is 7.70. The molecule has 2 aliphatic heterocycles. The molecule has 0 spiro atoms. The molecule has 1 aromatic heterocycles. The van der Waals surface area contributed by atoms with Crippen LogP contribution in [0.3, 0.4) is 0 Å². The Balaban J connectivity index is 1.26. The monoisotopic (exact) mass is 514 g/mol. The first-order valence-electron chi connectivity index (χ1n) is 10.8. The predicted octanol–water partition coefficient (Wildman–Crippen LogP) is 1.86. The molecule has 36 heavy (non-hydrogen) atoms. The van der Waals surface area contributed by atoms with E-state index in [0.717, 1.165) is 5.56 Å². The van der Waals surface area contributed by atoms with E-state index in [0.29, 0.717) is 22.6 Å². The zero-order chi connectivity index (χ0) is 25.7. The molecule has 4 rings (SSSR count). The Morgan fingerprint density at radius 3 is 2.47 bits per heavy atom. The highest BCUT2D eigenvalue weighted by Gasteiger charge is 2.51. The van der Waals surface area contributed by atoms with E-state index in [2.05, 4.69) is 15.4 Å². The lowest BCUT2D eigenvalue weighted by Crippen LogP contribution is -2.51. The number of thioether (sulfide) groups is 1. The van der Waals surface area contributed by atoms with Crippen molar-refractivity contribution < 1.29 is 38.5 Å². The lowest BCUT2D eigenvalue weighted by Gasteiger charge is -2.38. The third-order valence-corrected chi connectivity index (χ3v) is 6.54. The number of nitrogens with zero attached hydrogens (tertiary/aromatic N) is 3. The fourth-order valence-electron chi connectivity index (χ4n) is 3.64. The van der Waals surface area contributed by atoms with Crippen LogP contribution < -0.4 is 4.74 Å². The van der Waals surface area contributed by atoms with Gasteiger partial charge in [-0.15, -0.1) is 11.8 Å². The number of benzene rings is 1. The summed E-state index contributed by atoms with van der Waals surface area (Å²) in [5.41, 5.74) is 2.01. The topological polar surface area (TPSA) is 161 Å². The summed E-state index contributed by atoms with van der Waals surface area (Å²) in [7, 11) is 1.56. The fraction of sp³-hybridized carbons (Fsp3) is 0.304. The number of carbonyl (C=O) groups excluding carboxylic acids is 3. The van der Waals surface area contributed by atoms with Crippen LogP contribution >= 0.6 is 11.8 Å². The minimum Gasteiger partial charge on any atom is -0.497 e. The lowest BCUT2D eigenvalue weighted by molar-refractivity contribution is -0.151. The zero-order valence-electron chi connectivity index (χ0n) is 19.1. The summed E-state index contributed by atoms with van der Waals surface area (Å²) in [4.78, 5) is 49.3. The van der Waals surface area contributed by atoms with Gasteiger partial charge in [-0.2, -0.15) is 15.4 Å². The van der Waals surface area contributed by atoms with E-state index in [1.54, 1.807) is 31.4 Å². The molecule has 2 aliphatic rings. The van der Waals surface area contributed by atoms with Crippen molar-refractivity contribution in [2.45, 2.75) is 31.2 Å². The van der Waals surface area contributed by atoms with Crippen molar-refractivity contribution in [2.75, 3.05) is 13.7 Å². The van der Waals surface area contributed by atoms with Gasteiger partial charge in [0.2, 0.25) is 0 Å². The Morgan fingerprint density at radius 1 is 1.11 bits per heavy atom. The maximum Gasteiger partial charge on any atom is 0.353 e. The van der Waals surface area contributed by atoms with Crippen molar-refractivity contribution >= 4 is 41.2 Å². The standard InChI is InChI=1S/C23H22N4O8S/c1-33-14-4-2-13(3-5-14)11-35-19(29)7-6-18(28)34-9-8-15(16-10-24-26-25-16)20-21(30)27-17(23(31)32)12-36-22(20)27/h2-5,10,12,22H,6-9,11H2,1H3,(H,31,32)(H,24,25,26)/b20-15-/t22-/m1/s1. The predicted molar refractivity (Wildman–Crippen MR) is 125 cm³/mol. The number of aromatic amines is 1. The van der Waals surface area contributed by atoms with E-state index in [1.165, 1.54) is 28.3 Å². The Kier molecular flexibility index (Phi) is 7.68. The number of amides is 1. The molecule has 0 bridgehead atoms. The fourth-order valence-corrected chi connectivity index (χ4v) is 4.82. The molecule has 0 radical (unpaired) electrons. The molecule has 0 saturated carbocycles. The number of hydrogen-bond donors (Lipinski definition) is 2. The number of carboxylic acids is 1. The van der Waals surface area contributed by atoms with Crippen molar-refractivity contribution in [1.29, 1.82) is 0 Å². The van der Waals surface area contributed by atoms with Crippen molar-refractivity contribution in [3.63, 3.8) is 0 Å². The van der Waals surface area contributed by atoms with E-state index in [4.69, 9.17) is 14.2 Å². The van der Waals surface area contributed by atoms with E-state index in [9.17, 15) is 24.3 Å². The number of ether oxygens (including phenoxy) is 3. The normalized spacial score (nSPS) is 17.6. The molecular formula is C23H22N4O8S. The van der Waals surface area contributed by atoms with Crippen LogP contribution in [0.1, 0.15) is 30.5 Å². The van der Waals surface area contributed by atoms with Crippen LogP contribution in [0.25, 0.3) is 5.57 Å². The summed E-state index contributed by atoms with van der Waals surface area (Å²) < 4.78 is 15.5. The van der Waals surface area contributed by atoms with Crippen LogP contribution in [-0.2, 0) is 35.3 Å². The molecule has 1 fully saturated rings. The molecule has 2 aromatic rings. The van der Waals surface area contributed by atoms with Crippen LogP contribution in [-0.4, -0.2) is 68.3 Å². The molecule has 12 nitrogen and oxygen atoms in total. The number of aliphatic carboxylic acids is 1. The molecule has 1 saturated heterocycles. The number of rotatable bonds is 11. The van der Waals surface area contributed by atoms with Crippen molar-refractivity contribution in [2.24, 2.45) is 0 Å². The molecule has 3 heterocycles. The molecule has 13 heteroatoms. The van der Waals surface area contributed by atoms with Gasteiger partial charge in [0, 0.05) is 11.8 Å². The molecule has 1 amide bonds. The second-order valence-corrected chi connectivity index (χ2v) is 8.65. The number of aromatic nitrogens is 3. The highest BCUT2D eigenvalue weighted by Crippen LogP contribution is 2.47. The summed E-state index contributed by atoms with van der Waals surface area (Å²) in [6, 6.07) is 7.06. The smallest absolute Gasteiger partial charge is 0.353 e. The molecule has 188 valence electrons. The number of methoxy groups -OCH3 is 1. The van der Waals surface area contributed by atoms with Crippen LogP contribution in [0.5, 0.6) is 5.75 Å². The highest BCUT2D eigenvalue weighted by atomic mass is 32.2. The largest absolute Gasteiger partial charge is 0.497 e. The number of H-pyrrole nitrogens is 1. The summed E-state index contributed by atoms with van der Waals surface area (Å²) in [6.45, 7) is 0.0183. The van der Waals surface area contributed by atoms with E-state index in [-0.39, 0.29) is 38.2 Å². The van der Waals surface area contributed by atoms with Crippen LogP contribution in [0, 0.1) is 0 Å². The Morgan fingerprint density at radius 2 is 1.83 bits per heavy atom. The maximum absolute atomic E-state index is 12.7. The lowest BCUT2D eigenvalue weighted by atomic mass is 9.94. The van der Waals surface area contributed by atoms with Crippen LogP contribution in [0.2, 0.25) is 0 Å². The van der Waals surface area contributed by atoms with Crippen molar-refractivity contribution in [1.82, 2.24) is 20.3 Å². The van der Waals surface area contributed by atoms with Gasteiger partial charge in [-0.25, -0.2) is 4.79 Å². The molecule has 2 N–H and O–H groups in total. The van der Waals surface area contributed by atoms with Gasteiger partial charge >= 0.3 is 17.9 Å². The van der Waals surface area contributed by atoms with Crippen molar-refractivity contribution in [3.05, 3.63) is 58.4 Å². The third-order valence-electron chi connectivity index (χ3n) is 5.47. The van der Waals surface area contributed by atoms with E-state index < -0.39 is 29.2 Å². The van der Waals surface area contributed by atoms with Gasteiger partial charge in [0.1, 0.15) is 29.1 Å². The number of carbonyl (C=O) groups is 4. The summed E-state index contributed by atoms with van der Waals surface area (Å²) in [5, 5.41) is 20.5. The molecule has 0 aliphatic carbocycles. The second kappa shape index (κ2) is 11.1. The maximum atomic E-state index is 12.7. The average Bonchev–Trinajstić information content (AvgIpc) is 3.54. The number of nitrogens with one attached hydrogen (secondary N) is 1. The van der Waals surface area contributed by atoms with Crippen molar-refractivity contribution in [3.8, 4) is 5.75 Å². The first-order valence-corrected chi connectivity index (χ1v) is 11.8. The Labute approximate surface area is 209 Å². The van der Waals surface area contributed by atoms with Gasteiger partial charge in [0.15, 0.2) is 0 Å².